The summed E-state index contributed by atoms with van der Waals surface area (Å²) in [6.45, 7) is 6.36. The van der Waals surface area contributed by atoms with Crippen molar-refractivity contribution < 1.29 is 9.13 Å². The van der Waals surface area contributed by atoms with Crippen LogP contribution in [0.5, 0.6) is 5.88 Å². The van der Waals surface area contributed by atoms with Gasteiger partial charge in [0.2, 0.25) is 5.88 Å². The molecule has 0 spiro atoms. The van der Waals surface area contributed by atoms with Crippen LogP contribution in [0.4, 0.5) is 4.39 Å². The highest BCUT2D eigenvalue weighted by molar-refractivity contribution is 5.81. The molecule has 0 radical (unpaired) electrons. The number of halogens is 1. The summed E-state index contributed by atoms with van der Waals surface area (Å²) >= 11 is 0. The van der Waals surface area contributed by atoms with E-state index in [0.29, 0.717) is 18.1 Å². The van der Waals surface area contributed by atoms with Crippen LogP contribution in [0, 0.1) is 26.6 Å². The maximum atomic E-state index is 13.1. The average Bonchev–Trinajstić information content (AvgIpc) is 3.12. The number of pyridine rings is 1. The van der Waals surface area contributed by atoms with E-state index in [2.05, 4.69) is 23.5 Å². The van der Waals surface area contributed by atoms with E-state index >= 15 is 0 Å². The van der Waals surface area contributed by atoms with Gasteiger partial charge in [0.25, 0.3) is 0 Å². The summed E-state index contributed by atoms with van der Waals surface area (Å²) in [5.41, 5.74) is 7.28. The zero-order chi connectivity index (χ0) is 21.5. The first-order valence-corrected chi connectivity index (χ1v) is 10.1. The number of benzene rings is 2. The van der Waals surface area contributed by atoms with Gasteiger partial charge in [0, 0.05) is 11.6 Å². The lowest BCUT2D eigenvalue weighted by Gasteiger charge is -2.11. The van der Waals surface area contributed by atoms with Gasteiger partial charge in [-0.25, -0.2) is 14.4 Å². The van der Waals surface area contributed by atoms with Gasteiger partial charge >= 0.3 is 0 Å². The number of imidazole rings is 1. The van der Waals surface area contributed by atoms with Gasteiger partial charge in [0.15, 0.2) is 5.65 Å². The first-order chi connectivity index (χ1) is 15.0. The number of rotatable bonds is 4. The Balaban J connectivity index is 1.66. The Hall–Kier alpha value is -3.80. The van der Waals surface area contributed by atoms with Crippen molar-refractivity contribution in [2.75, 3.05) is 0 Å². The molecular weight excluding hydrogens is 391 g/mol. The first-order valence-electron chi connectivity index (χ1n) is 10.1. The molecule has 0 aliphatic rings. The van der Waals surface area contributed by atoms with Crippen molar-refractivity contribution >= 4 is 16.7 Å². The van der Waals surface area contributed by atoms with Crippen molar-refractivity contribution in [2.45, 2.75) is 27.4 Å². The van der Waals surface area contributed by atoms with Gasteiger partial charge in [0.1, 0.15) is 23.8 Å². The molecule has 2 aromatic carbocycles. The van der Waals surface area contributed by atoms with E-state index in [-0.39, 0.29) is 5.82 Å². The number of hydrogen-bond donors (Lipinski definition) is 0. The van der Waals surface area contributed by atoms with Crippen LogP contribution in [-0.4, -0.2) is 19.4 Å². The molecule has 154 valence electrons. The van der Waals surface area contributed by atoms with Crippen molar-refractivity contribution in [2.24, 2.45) is 0 Å². The second kappa shape index (κ2) is 7.47. The lowest BCUT2D eigenvalue weighted by atomic mass is 10.1. The molecule has 0 aliphatic carbocycles. The summed E-state index contributed by atoms with van der Waals surface area (Å²) < 4.78 is 21.1. The van der Waals surface area contributed by atoms with Crippen LogP contribution in [0.3, 0.4) is 0 Å². The standard InChI is InChI=1S/C25H21FN4O/c1-15-6-4-5-7-20(15)24-28-17(3)23-16(2)27-21-12-13-22(29-25(21)30(23)24)31-14-18-8-10-19(26)11-9-18/h4-13H,14H2,1-3H3. The summed E-state index contributed by atoms with van der Waals surface area (Å²) in [6, 6.07) is 18.1. The average molecular weight is 412 g/mol. The molecule has 0 bridgehead atoms. The number of hydrogen-bond acceptors (Lipinski definition) is 4. The quantitative estimate of drug-likeness (QED) is 0.386. The van der Waals surface area contributed by atoms with Crippen LogP contribution in [0.15, 0.2) is 60.7 Å². The summed E-state index contributed by atoms with van der Waals surface area (Å²) in [4.78, 5) is 14.4. The Morgan fingerprint density at radius 1 is 0.839 bits per heavy atom. The van der Waals surface area contributed by atoms with Crippen molar-refractivity contribution in [3.05, 3.63) is 89.0 Å². The smallest absolute Gasteiger partial charge is 0.215 e. The van der Waals surface area contributed by atoms with Crippen molar-refractivity contribution in [3.63, 3.8) is 0 Å². The van der Waals surface area contributed by atoms with Gasteiger partial charge in [-0.3, -0.25) is 4.40 Å². The molecule has 0 saturated heterocycles. The predicted octanol–water partition coefficient (Wildman–Crippen LogP) is 5.59. The fourth-order valence-corrected chi connectivity index (χ4v) is 3.89. The van der Waals surface area contributed by atoms with Gasteiger partial charge in [-0.05, 0) is 50.1 Å². The van der Waals surface area contributed by atoms with Crippen molar-refractivity contribution in [3.8, 4) is 17.3 Å². The normalized spacial score (nSPS) is 11.4. The molecule has 0 saturated carbocycles. The molecule has 0 unspecified atom stereocenters. The Morgan fingerprint density at radius 3 is 2.35 bits per heavy atom. The molecular formula is C25H21FN4O. The van der Waals surface area contributed by atoms with Crippen LogP contribution in [0.25, 0.3) is 28.1 Å². The van der Waals surface area contributed by atoms with E-state index < -0.39 is 0 Å². The molecule has 0 aliphatic heterocycles. The van der Waals surface area contributed by atoms with Crippen molar-refractivity contribution in [1.82, 2.24) is 19.4 Å². The maximum absolute atomic E-state index is 13.1. The Kier molecular flexibility index (Phi) is 4.62. The van der Waals surface area contributed by atoms with E-state index in [1.807, 2.05) is 32.0 Å². The molecule has 0 amide bonds. The topological polar surface area (TPSA) is 52.3 Å². The Labute approximate surface area is 179 Å². The summed E-state index contributed by atoms with van der Waals surface area (Å²) in [6.07, 6.45) is 0. The van der Waals surface area contributed by atoms with Crippen molar-refractivity contribution in [1.29, 1.82) is 0 Å². The first kappa shape index (κ1) is 19.2. The largest absolute Gasteiger partial charge is 0.473 e. The fourth-order valence-electron chi connectivity index (χ4n) is 3.89. The molecule has 0 atom stereocenters. The van der Waals surface area contributed by atoms with Crippen LogP contribution < -0.4 is 4.74 Å². The lowest BCUT2D eigenvalue weighted by Crippen LogP contribution is -2.03. The molecule has 5 aromatic rings. The highest BCUT2D eigenvalue weighted by Crippen LogP contribution is 2.30. The van der Waals surface area contributed by atoms with Crippen LogP contribution >= 0.6 is 0 Å². The Morgan fingerprint density at radius 2 is 1.58 bits per heavy atom. The summed E-state index contributed by atoms with van der Waals surface area (Å²) in [5.74, 6) is 1.05. The van der Waals surface area contributed by atoms with E-state index in [4.69, 9.17) is 19.7 Å². The molecule has 5 rings (SSSR count). The fraction of sp³-hybridized carbons (Fsp3) is 0.160. The second-order valence-corrected chi connectivity index (χ2v) is 7.62. The van der Waals surface area contributed by atoms with Crippen LogP contribution in [0.1, 0.15) is 22.5 Å². The van der Waals surface area contributed by atoms with E-state index in [0.717, 1.165) is 44.9 Å². The maximum Gasteiger partial charge on any atom is 0.215 e. The predicted molar refractivity (Wildman–Crippen MR) is 119 cm³/mol. The van der Waals surface area contributed by atoms with Gasteiger partial charge < -0.3 is 4.74 Å². The third-order valence-corrected chi connectivity index (χ3v) is 5.41. The van der Waals surface area contributed by atoms with Gasteiger partial charge in [0.05, 0.1) is 16.9 Å². The summed E-state index contributed by atoms with van der Waals surface area (Å²) in [5, 5.41) is 0. The molecule has 0 fully saturated rings. The number of aromatic nitrogens is 4. The molecule has 3 heterocycles. The summed E-state index contributed by atoms with van der Waals surface area (Å²) in [7, 11) is 0. The third kappa shape index (κ3) is 3.40. The molecule has 5 nitrogen and oxygen atoms in total. The molecule has 31 heavy (non-hydrogen) atoms. The highest BCUT2D eigenvalue weighted by atomic mass is 19.1. The lowest BCUT2D eigenvalue weighted by molar-refractivity contribution is 0.294. The van der Waals surface area contributed by atoms with Gasteiger partial charge in [-0.2, -0.15) is 4.98 Å². The number of ether oxygens (including phenoxy) is 1. The number of fused-ring (bicyclic) bond motifs is 3. The van der Waals surface area contributed by atoms with E-state index in [9.17, 15) is 4.39 Å². The Bertz CT molecular complexity index is 1420. The molecule has 6 heteroatoms. The van der Waals surface area contributed by atoms with E-state index in [1.165, 1.54) is 12.1 Å². The second-order valence-electron chi connectivity index (χ2n) is 7.62. The van der Waals surface area contributed by atoms with Crippen LogP contribution in [-0.2, 0) is 6.61 Å². The number of nitrogens with zero attached hydrogens (tertiary/aromatic N) is 4. The third-order valence-electron chi connectivity index (χ3n) is 5.41. The molecule has 3 aromatic heterocycles. The zero-order valence-corrected chi connectivity index (χ0v) is 17.6. The zero-order valence-electron chi connectivity index (χ0n) is 17.6. The number of aryl methyl sites for hydroxylation is 3. The molecule has 0 N–H and O–H groups in total. The van der Waals surface area contributed by atoms with E-state index in [1.54, 1.807) is 18.2 Å². The van der Waals surface area contributed by atoms with Gasteiger partial charge in [-0.1, -0.05) is 36.4 Å². The minimum Gasteiger partial charge on any atom is -0.473 e. The SMILES string of the molecule is Cc1ccccc1-c1nc(C)c2c(C)nc3ccc(OCc4ccc(F)cc4)nc3n12. The van der Waals surface area contributed by atoms with Crippen LogP contribution in [0.2, 0.25) is 0 Å². The minimum atomic E-state index is -0.268. The minimum absolute atomic E-state index is 0.268. The monoisotopic (exact) mass is 412 g/mol. The van der Waals surface area contributed by atoms with Gasteiger partial charge in [-0.15, -0.1) is 0 Å². The highest BCUT2D eigenvalue weighted by Gasteiger charge is 2.18.